The second kappa shape index (κ2) is 7.72. The van der Waals surface area contributed by atoms with Crippen molar-refractivity contribution < 1.29 is 4.74 Å². The molecule has 0 spiro atoms. The van der Waals surface area contributed by atoms with Crippen LogP contribution in [0.1, 0.15) is 31.7 Å². The molecule has 1 aromatic rings. The van der Waals surface area contributed by atoms with Gasteiger partial charge in [0.25, 0.3) is 0 Å². The van der Waals surface area contributed by atoms with Gasteiger partial charge in [-0.1, -0.05) is 50.1 Å². The molecule has 1 rings (SSSR count). The number of benzene rings is 1. The lowest BCUT2D eigenvalue weighted by Crippen LogP contribution is -2.08. The highest BCUT2D eigenvalue weighted by molar-refractivity contribution is 6.20. The Labute approximate surface area is 97.4 Å². The number of hydrogen-bond acceptors (Lipinski definition) is 1. The van der Waals surface area contributed by atoms with Gasteiger partial charge < -0.3 is 4.74 Å². The fourth-order valence-electron chi connectivity index (χ4n) is 1.39. The predicted octanol–water partition coefficient (Wildman–Crippen LogP) is 4.00. The SMILES string of the molecule is CCCCC(Cl)COCc1ccccc1. The third-order valence-electron chi connectivity index (χ3n) is 2.28. The minimum Gasteiger partial charge on any atom is -0.375 e. The molecule has 0 fully saturated rings. The summed E-state index contributed by atoms with van der Waals surface area (Å²) in [6, 6.07) is 10.2. The first-order valence-corrected chi connectivity index (χ1v) is 6.02. The van der Waals surface area contributed by atoms with E-state index in [9.17, 15) is 0 Å². The Hall–Kier alpha value is -0.530. The van der Waals surface area contributed by atoms with Gasteiger partial charge in [-0.2, -0.15) is 0 Å². The Morgan fingerprint density at radius 3 is 2.67 bits per heavy atom. The van der Waals surface area contributed by atoms with E-state index >= 15 is 0 Å². The van der Waals surface area contributed by atoms with E-state index in [4.69, 9.17) is 16.3 Å². The van der Waals surface area contributed by atoms with E-state index in [2.05, 4.69) is 19.1 Å². The van der Waals surface area contributed by atoms with Gasteiger partial charge in [0.05, 0.1) is 18.6 Å². The Kier molecular flexibility index (Phi) is 6.45. The summed E-state index contributed by atoms with van der Waals surface area (Å²) in [6.45, 7) is 3.49. The van der Waals surface area contributed by atoms with Gasteiger partial charge in [-0.15, -0.1) is 11.6 Å². The van der Waals surface area contributed by atoms with Crippen LogP contribution < -0.4 is 0 Å². The van der Waals surface area contributed by atoms with Gasteiger partial charge in [0, 0.05) is 0 Å². The van der Waals surface area contributed by atoms with E-state index in [1.54, 1.807) is 0 Å². The van der Waals surface area contributed by atoms with Crippen molar-refractivity contribution in [1.82, 2.24) is 0 Å². The van der Waals surface area contributed by atoms with Crippen LogP contribution in [0.25, 0.3) is 0 Å². The van der Waals surface area contributed by atoms with Crippen LogP contribution >= 0.6 is 11.6 Å². The quantitative estimate of drug-likeness (QED) is 0.639. The van der Waals surface area contributed by atoms with Gasteiger partial charge >= 0.3 is 0 Å². The monoisotopic (exact) mass is 226 g/mol. The van der Waals surface area contributed by atoms with Crippen LogP contribution in [0.15, 0.2) is 30.3 Å². The van der Waals surface area contributed by atoms with Crippen molar-refractivity contribution in [3.63, 3.8) is 0 Å². The number of halogens is 1. The summed E-state index contributed by atoms with van der Waals surface area (Å²) >= 11 is 6.10. The Balaban J connectivity index is 2.11. The van der Waals surface area contributed by atoms with Gasteiger partial charge in [-0.25, -0.2) is 0 Å². The number of ether oxygens (including phenoxy) is 1. The first-order valence-electron chi connectivity index (χ1n) is 5.58. The maximum atomic E-state index is 6.10. The number of alkyl halides is 1. The summed E-state index contributed by atoms with van der Waals surface area (Å²) in [5.74, 6) is 0. The van der Waals surface area contributed by atoms with Crippen LogP contribution in [-0.4, -0.2) is 12.0 Å². The van der Waals surface area contributed by atoms with Gasteiger partial charge in [0.1, 0.15) is 0 Å². The molecule has 0 bridgehead atoms. The van der Waals surface area contributed by atoms with Crippen LogP contribution in [0.5, 0.6) is 0 Å². The van der Waals surface area contributed by atoms with Crippen molar-refractivity contribution in [2.24, 2.45) is 0 Å². The Morgan fingerprint density at radius 2 is 2.00 bits per heavy atom. The molecule has 2 heteroatoms. The minimum absolute atomic E-state index is 0.161. The molecule has 0 aliphatic heterocycles. The molecule has 1 unspecified atom stereocenters. The maximum Gasteiger partial charge on any atom is 0.0717 e. The zero-order chi connectivity index (χ0) is 10.9. The van der Waals surface area contributed by atoms with Gasteiger partial charge in [-0.3, -0.25) is 0 Å². The topological polar surface area (TPSA) is 9.23 Å². The van der Waals surface area contributed by atoms with E-state index < -0.39 is 0 Å². The standard InChI is InChI=1S/C13H19ClO/c1-2-3-9-13(14)11-15-10-12-7-5-4-6-8-12/h4-8,13H,2-3,9-11H2,1H3. The molecular weight excluding hydrogens is 208 g/mol. The van der Waals surface area contributed by atoms with E-state index in [1.165, 1.54) is 18.4 Å². The van der Waals surface area contributed by atoms with Crippen LogP contribution in [-0.2, 0) is 11.3 Å². The second-order valence-corrected chi connectivity index (χ2v) is 4.36. The summed E-state index contributed by atoms with van der Waals surface area (Å²) in [4.78, 5) is 0. The van der Waals surface area contributed by atoms with Crippen LogP contribution in [0.2, 0.25) is 0 Å². The molecule has 1 atom stereocenters. The van der Waals surface area contributed by atoms with E-state index in [0.29, 0.717) is 13.2 Å². The van der Waals surface area contributed by atoms with Crippen molar-refractivity contribution in [1.29, 1.82) is 0 Å². The van der Waals surface area contributed by atoms with Crippen molar-refractivity contribution >= 4 is 11.6 Å². The summed E-state index contributed by atoms with van der Waals surface area (Å²) in [6.07, 6.45) is 3.43. The largest absolute Gasteiger partial charge is 0.375 e. The molecule has 0 heterocycles. The normalized spacial score (nSPS) is 12.7. The lowest BCUT2D eigenvalue weighted by molar-refractivity contribution is 0.119. The highest BCUT2D eigenvalue weighted by Gasteiger charge is 2.03. The molecule has 0 N–H and O–H groups in total. The molecule has 0 radical (unpaired) electrons. The van der Waals surface area contributed by atoms with E-state index in [-0.39, 0.29) is 5.38 Å². The molecule has 15 heavy (non-hydrogen) atoms. The Morgan fingerprint density at radius 1 is 1.27 bits per heavy atom. The summed E-state index contributed by atoms with van der Waals surface area (Å²) in [7, 11) is 0. The molecule has 84 valence electrons. The molecule has 1 aromatic carbocycles. The van der Waals surface area contributed by atoms with Crippen molar-refractivity contribution in [2.45, 2.75) is 38.2 Å². The third-order valence-corrected chi connectivity index (χ3v) is 2.63. The molecule has 0 amide bonds. The number of rotatable bonds is 7. The Bertz CT molecular complexity index is 248. The first-order chi connectivity index (χ1) is 7.33. The zero-order valence-corrected chi connectivity index (χ0v) is 10.0. The average Bonchev–Trinajstić information content (AvgIpc) is 2.28. The van der Waals surface area contributed by atoms with Gasteiger partial charge in [0.15, 0.2) is 0 Å². The third kappa shape index (κ3) is 5.81. The maximum absolute atomic E-state index is 6.10. The molecule has 0 aromatic heterocycles. The van der Waals surface area contributed by atoms with Crippen molar-refractivity contribution in [3.05, 3.63) is 35.9 Å². The molecular formula is C13H19ClO. The summed E-state index contributed by atoms with van der Waals surface area (Å²) < 4.78 is 5.55. The smallest absolute Gasteiger partial charge is 0.0717 e. The first kappa shape index (κ1) is 12.5. The van der Waals surface area contributed by atoms with Crippen molar-refractivity contribution in [3.8, 4) is 0 Å². The van der Waals surface area contributed by atoms with Crippen LogP contribution in [0, 0.1) is 0 Å². The fourth-order valence-corrected chi connectivity index (χ4v) is 1.63. The van der Waals surface area contributed by atoms with Crippen LogP contribution in [0.4, 0.5) is 0 Å². The highest BCUT2D eigenvalue weighted by atomic mass is 35.5. The lowest BCUT2D eigenvalue weighted by atomic mass is 10.2. The predicted molar refractivity (Wildman–Crippen MR) is 65.3 cm³/mol. The van der Waals surface area contributed by atoms with Gasteiger partial charge in [-0.05, 0) is 12.0 Å². The van der Waals surface area contributed by atoms with Crippen molar-refractivity contribution in [2.75, 3.05) is 6.61 Å². The fraction of sp³-hybridized carbons (Fsp3) is 0.538. The lowest BCUT2D eigenvalue weighted by Gasteiger charge is -2.09. The van der Waals surface area contributed by atoms with Gasteiger partial charge in [0.2, 0.25) is 0 Å². The highest BCUT2D eigenvalue weighted by Crippen LogP contribution is 2.09. The van der Waals surface area contributed by atoms with Crippen LogP contribution in [0.3, 0.4) is 0 Å². The average molecular weight is 227 g/mol. The summed E-state index contributed by atoms with van der Waals surface area (Å²) in [5, 5.41) is 0.161. The minimum atomic E-state index is 0.161. The van der Waals surface area contributed by atoms with E-state index in [0.717, 1.165) is 6.42 Å². The molecule has 0 saturated carbocycles. The number of unbranched alkanes of at least 4 members (excludes halogenated alkanes) is 1. The zero-order valence-electron chi connectivity index (χ0n) is 9.29. The second-order valence-electron chi connectivity index (χ2n) is 3.74. The molecule has 0 aliphatic rings. The van der Waals surface area contributed by atoms with E-state index in [1.807, 2.05) is 18.2 Å². The molecule has 0 saturated heterocycles. The molecule has 1 nitrogen and oxygen atoms in total. The summed E-state index contributed by atoms with van der Waals surface area (Å²) in [5.41, 5.74) is 1.21. The molecule has 0 aliphatic carbocycles. The number of hydrogen-bond donors (Lipinski definition) is 0.